The molecule has 0 saturated heterocycles. The molecule has 0 spiro atoms. The molecule has 0 atom stereocenters. The Labute approximate surface area is 347 Å². The molecule has 0 fully saturated rings. The lowest BCUT2D eigenvalue weighted by Crippen LogP contribution is -2.11. The molecule has 0 N–H and O–H groups in total. The Hall–Kier alpha value is -7.94. The Morgan fingerprint density at radius 2 is 0.783 bits per heavy atom. The van der Waals surface area contributed by atoms with E-state index in [0.717, 1.165) is 61.3 Å². The Morgan fingerprint density at radius 3 is 1.57 bits per heavy atom. The third kappa shape index (κ3) is 5.57. The van der Waals surface area contributed by atoms with Crippen LogP contribution in [0.25, 0.3) is 98.4 Å². The van der Waals surface area contributed by atoms with Crippen molar-refractivity contribution in [3.8, 4) is 33.4 Å². The molecule has 0 aliphatic rings. The molecule has 0 saturated carbocycles. The lowest BCUT2D eigenvalue weighted by molar-refractivity contribution is 0.669. The van der Waals surface area contributed by atoms with Crippen molar-refractivity contribution in [2.45, 2.75) is 0 Å². The molecule has 0 amide bonds. The first-order valence-corrected chi connectivity index (χ1v) is 20.6. The van der Waals surface area contributed by atoms with Gasteiger partial charge in [-0.25, -0.2) is 0 Å². The molecule has 280 valence electrons. The topological polar surface area (TPSA) is 16.4 Å². The summed E-state index contributed by atoms with van der Waals surface area (Å²) in [6.45, 7) is 0. The van der Waals surface area contributed by atoms with Gasteiger partial charge in [0.1, 0.15) is 11.2 Å². The van der Waals surface area contributed by atoms with Crippen molar-refractivity contribution in [3.05, 3.63) is 224 Å². The summed E-state index contributed by atoms with van der Waals surface area (Å²) in [4.78, 5) is 2.43. The van der Waals surface area contributed by atoms with Crippen LogP contribution in [0, 0.1) is 0 Å². The summed E-state index contributed by atoms with van der Waals surface area (Å²) >= 11 is 0. The molecule has 60 heavy (non-hydrogen) atoms. The van der Waals surface area contributed by atoms with E-state index in [2.05, 4.69) is 217 Å². The molecule has 0 aliphatic heterocycles. The number of para-hydroxylation sites is 2. The highest BCUT2D eigenvalue weighted by Crippen LogP contribution is 2.45. The van der Waals surface area contributed by atoms with Gasteiger partial charge >= 0.3 is 0 Å². The SMILES string of the molecule is c1cc(-c2ccccc2N(c2ccc(-c3ccc4c(c3)oc3ccccc34)cc2)c2ccc3c4ccccc4c4ccccc4c3c2)cc(-c2cccc3ccccc23)c1. The fraction of sp³-hybridized carbons (Fsp3) is 0. The van der Waals surface area contributed by atoms with E-state index < -0.39 is 0 Å². The minimum atomic E-state index is 0.898. The first-order chi connectivity index (χ1) is 29.7. The average molecular weight is 764 g/mol. The quantitative estimate of drug-likeness (QED) is 0.157. The summed E-state index contributed by atoms with van der Waals surface area (Å²) in [5.41, 5.74) is 12.1. The lowest BCUT2D eigenvalue weighted by atomic mass is 9.93. The van der Waals surface area contributed by atoms with Crippen LogP contribution >= 0.6 is 0 Å². The first-order valence-electron chi connectivity index (χ1n) is 20.6. The third-order valence-electron chi connectivity index (χ3n) is 12.2. The molecular weight excluding hydrogens is 727 g/mol. The summed E-state index contributed by atoms with van der Waals surface area (Å²) in [5, 5.41) is 12.3. The van der Waals surface area contributed by atoms with E-state index in [1.165, 1.54) is 54.2 Å². The van der Waals surface area contributed by atoms with E-state index in [4.69, 9.17) is 4.42 Å². The number of anilines is 3. The summed E-state index contributed by atoms with van der Waals surface area (Å²) < 4.78 is 6.29. The number of fused-ring (bicyclic) bond motifs is 10. The molecule has 0 aliphatic carbocycles. The highest BCUT2D eigenvalue weighted by molar-refractivity contribution is 6.26. The number of furan rings is 1. The maximum absolute atomic E-state index is 6.29. The van der Waals surface area contributed by atoms with Gasteiger partial charge in [0, 0.05) is 27.7 Å². The van der Waals surface area contributed by atoms with Gasteiger partial charge in [0.05, 0.1) is 5.69 Å². The number of hydrogen-bond donors (Lipinski definition) is 0. The Kier molecular flexibility index (Phi) is 7.89. The average Bonchev–Trinajstić information content (AvgIpc) is 3.70. The molecule has 1 heterocycles. The van der Waals surface area contributed by atoms with E-state index in [1.807, 2.05) is 12.1 Å². The van der Waals surface area contributed by atoms with E-state index in [-0.39, 0.29) is 0 Å². The minimum absolute atomic E-state index is 0.898. The molecule has 0 radical (unpaired) electrons. The van der Waals surface area contributed by atoms with Gasteiger partial charge in [-0.1, -0.05) is 170 Å². The minimum Gasteiger partial charge on any atom is -0.456 e. The second-order valence-corrected chi connectivity index (χ2v) is 15.6. The van der Waals surface area contributed by atoms with Gasteiger partial charge in [-0.15, -0.1) is 0 Å². The number of rotatable bonds is 6. The van der Waals surface area contributed by atoms with Crippen LogP contribution < -0.4 is 4.90 Å². The summed E-state index contributed by atoms with van der Waals surface area (Å²) in [7, 11) is 0. The van der Waals surface area contributed by atoms with Gasteiger partial charge < -0.3 is 9.32 Å². The van der Waals surface area contributed by atoms with Gasteiger partial charge in [-0.3, -0.25) is 0 Å². The second kappa shape index (κ2) is 13.9. The first kappa shape index (κ1) is 34.1. The lowest BCUT2D eigenvalue weighted by Gasteiger charge is -2.29. The van der Waals surface area contributed by atoms with E-state index >= 15 is 0 Å². The molecular formula is C58H37NO. The molecule has 2 nitrogen and oxygen atoms in total. The maximum atomic E-state index is 6.29. The van der Waals surface area contributed by atoms with E-state index in [1.54, 1.807) is 0 Å². The Balaban J connectivity index is 1.04. The van der Waals surface area contributed by atoms with E-state index in [9.17, 15) is 0 Å². The largest absolute Gasteiger partial charge is 0.456 e. The van der Waals surface area contributed by atoms with Crippen molar-refractivity contribution in [2.24, 2.45) is 0 Å². The summed E-state index contributed by atoms with van der Waals surface area (Å²) in [5.74, 6) is 0. The van der Waals surface area contributed by atoms with Gasteiger partial charge in [-0.2, -0.15) is 0 Å². The fourth-order valence-corrected chi connectivity index (χ4v) is 9.41. The van der Waals surface area contributed by atoms with Crippen LogP contribution in [-0.4, -0.2) is 0 Å². The predicted octanol–water partition coefficient (Wildman–Crippen LogP) is 16.7. The van der Waals surface area contributed by atoms with Crippen LogP contribution in [0.15, 0.2) is 229 Å². The molecule has 12 aromatic rings. The normalized spacial score (nSPS) is 11.7. The number of hydrogen-bond acceptors (Lipinski definition) is 2. The second-order valence-electron chi connectivity index (χ2n) is 15.6. The van der Waals surface area contributed by atoms with Crippen molar-refractivity contribution < 1.29 is 4.42 Å². The zero-order chi connectivity index (χ0) is 39.6. The maximum Gasteiger partial charge on any atom is 0.136 e. The van der Waals surface area contributed by atoms with Crippen molar-refractivity contribution in [3.63, 3.8) is 0 Å². The van der Waals surface area contributed by atoms with E-state index in [0.29, 0.717) is 0 Å². The molecule has 2 heteroatoms. The van der Waals surface area contributed by atoms with Crippen LogP contribution in [0.1, 0.15) is 0 Å². The standard InChI is InChI=1S/C58H37NO/c1-2-17-45-39(13-1)14-12-24-46(45)41-15-11-16-42(35-41)47-18-7-9-25-56(47)59(44-32-34-52-50-21-4-3-19-48(50)49-20-5-6-22-51(49)55(52)37-44)43-30-27-38(28-31-43)40-29-33-54-53-23-8-10-26-57(53)60-58(54)36-40/h1-37H. The summed E-state index contributed by atoms with van der Waals surface area (Å²) in [6, 6.07) is 81.4. The Morgan fingerprint density at radius 1 is 0.267 bits per heavy atom. The number of nitrogens with zero attached hydrogens (tertiary/aromatic N) is 1. The highest BCUT2D eigenvalue weighted by Gasteiger charge is 2.20. The van der Waals surface area contributed by atoms with Gasteiger partial charge in [0.15, 0.2) is 0 Å². The summed E-state index contributed by atoms with van der Waals surface area (Å²) in [6.07, 6.45) is 0. The van der Waals surface area contributed by atoms with Crippen LogP contribution in [-0.2, 0) is 0 Å². The van der Waals surface area contributed by atoms with Crippen molar-refractivity contribution in [1.82, 2.24) is 0 Å². The molecule has 0 unspecified atom stereocenters. The molecule has 0 bridgehead atoms. The molecule has 12 rings (SSSR count). The van der Waals surface area contributed by atoms with Gasteiger partial charge in [0.25, 0.3) is 0 Å². The van der Waals surface area contributed by atoms with Crippen molar-refractivity contribution >= 4 is 82.1 Å². The fourth-order valence-electron chi connectivity index (χ4n) is 9.41. The zero-order valence-electron chi connectivity index (χ0n) is 32.7. The van der Waals surface area contributed by atoms with Gasteiger partial charge in [0.2, 0.25) is 0 Å². The van der Waals surface area contributed by atoms with Crippen molar-refractivity contribution in [1.29, 1.82) is 0 Å². The van der Waals surface area contributed by atoms with Crippen LogP contribution in [0.5, 0.6) is 0 Å². The highest BCUT2D eigenvalue weighted by atomic mass is 16.3. The van der Waals surface area contributed by atoms with Crippen LogP contribution in [0.2, 0.25) is 0 Å². The predicted molar refractivity (Wildman–Crippen MR) is 255 cm³/mol. The molecule has 11 aromatic carbocycles. The number of benzene rings is 11. The third-order valence-corrected chi connectivity index (χ3v) is 12.2. The molecule has 1 aromatic heterocycles. The van der Waals surface area contributed by atoms with Gasteiger partial charge in [-0.05, 0) is 126 Å². The monoisotopic (exact) mass is 763 g/mol. The smallest absolute Gasteiger partial charge is 0.136 e. The zero-order valence-corrected chi connectivity index (χ0v) is 32.7. The Bertz CT molecular complexity index is 3570. The van der Waals surface area contributed by atoms with Crippen LogP contribution in [0.4, 0.5) is 17.1 Å². The van der Waals surface area contributed by atoms with Crippen LogP contribution in [0.3, 0.4) is 0 Å². The van der Waals surface area contributed by atoms with Crippen molar-refractivity contribution in [2.75, 3.05) is 4.90 Å².